The van der Waals surface area contributed by atoms with Crippen LogP contribution in [0.15, 0.2) is 48.6 Å². The van der Waals surface area contributed by atoms with Gasteiger partial charge in [-0.05, 0) is 44.9 Å². The fourth-order valence-electron chi connectivity index (χ4n) is 2.97. The largest absolute Gasteiger partial charge is 0.461 e. The van der Waals surface area contributed by atoms with Gasteiger partial charge in [0.2, 0.25) is 0 Å². The minimum atomic E-state index is -0.0470. The van der Waals surface area contributed by atoms with E-state index in [1.165, 1.54) is 0 Å². The highest BCUT2D eigenvalue weighted by atomic mass is 127. The van der Waals surface area contributed by atoms with E-state index in [-0.39, 0.29) is 12.1 Å². The summed E-state index contributed by atoms with van der Waals surface area (Å²) in [5.74, 6) is -0.0470. The molecule has 144 valence electrons. The summed E-state index contributed by atoms with van der Waals surface area (Å²) in [6, 6.07) is 0. The lowest BCUT2D eigenvalue weighted by atomic mass is 10.1. The first-order chi connectivity index (χ1) is 12.7. The van der Waals surface area contributed by atoms with Gasteiger partial charge in [-0.3, -0.25) is 4.79 Å². The summed E-state index contributed by atoms with van der Waals surface area (Å²) in [5, 5.41) is 0. The van der Waals surface area contributed by atoms with Crippen molar-refractivity contribution in [3.63, 3.8) is 0 Å². The average Bonchev–Trinajstić information content (AvgIpc) is 3.27. The van der Waals surface area contributed by atoms with Crippen molar-refractivity contribution in [2.75, 3.05) is 0 Å². The van der Waals surface area contributed by atoms with Crippen LogP contribution in [0.5, 0.6) is 0 Å². The Hall–Kier alpha value is -0.880. The molecule has 0 N–H and O–H groups in total. The van der Waals surface area contributed by atoms with Gasteiger partial charge in [0.1, 0.15) is 6.10 Å². The summed E-state index contributed by atoms with van der Waals surface area (Å²) in [5.41, 5.74) is 0. The predicted octanol–water partition coefficient (Wildman–Crippen LogP) is 5.85. The third-order valence-corrected chi connectivity index (χ3v) is 5.93. The average molecular weight is 470 g/mol. The Morgan fingerprint density at radius 1 is 1.00 bits per heavy atom. The number of hydrogen-bond acceptors (Lipinski definition) is 3. The van der Waals surface area contributed by atoms with Crippen molar-refractivity contribution in [2.45, 2.75) is 80.5 Å². The number of epoxide rings is 1. The minimum Gasteiger partial charge on any atom is -0.461 e. The second-order valence-corrected chi connectivity index (χ2v) is 8.37. The number of carbonyl (C=O) groups is 1. The number of carbonyl (C=O) groups excluding carboxylic acids is 1. The van der Waals surface area contributed by atoms with Crippen molar-refractivity contribution in [1.82, 2.24) is 0 Å². The van der Waals surface area contributed by atoms with E-state index in [1.54, 1.807) is 0 Å². The normalized spacial score (nSPS) is 27.3. The lowest BCUT2D eigenvalue weighted by Gasteiger charge is -2.14. The molecular formula is C22H31IO3. The number of allylic oxidation sites excluding steroid dienone is 7. The second-order valence-electron chi connectivity index (χ2n) is 6.77. The third-order valence-electron chi connectivity index (χ3n) is 4.62. The first-order valence-electron chi connectivity index (χ1n) is 9.79. The van der Waals surface area contributed by atoms with Crippen molar-refractivity contribution < 1.29 is 14.3 Å². The number of halogens is 1. The molecule has 2 aliphatic heterocycles. The van der Waals surface area contributed by atoms with Gasteiger partial charge in [0.15, 0.2) is 0 Å². The number of ether oxygens (including phenoxy) is 2. The zero-order valence-corrected chi connectivity index (χ0v) is 17.8. The van der Waals surface area contributed by atoms with Gasteiger partial charge in [0, 0.05) is 6.42 Å². The molecule has 0 aromatic carbocycles. The number of hydrogen-bond donors (Lipinski definition) is 0. The maximum atomic E-state index is 11.1. The number of rotatable bonds is 12. The van der Waals surface area contributed by atoms with Gasteiger partial charge in [-0.25, -0.2) is 0 Å². The van der Waals surface area contributed by atoms with Gasteiger partial charge in [-0.2, -0.15) is 0 Å². The smallest absolute Gasteiger partial charge is 0.306 e. The molecule has 0 aromatic heterocycles. The van der Waals surface area contributed by atoms with E-state index in [9.17, 15) is 4.79 Å². The highest BCUT2D eigenvalue weighted by Gasteiger charge is 2.35. The van der Waals surface area contributed by atoms with E-state index < -0.39 is 0 Å². The minimum absolute atomic E-state index is 0.0470. The molecule has 0 aliphatic carbocycles. The standard InChI is InChI=1S/C22H31IO3/c1-2-19-21(25-19)15-13-11-9-7-5-3-4-6-8-10-12-14-18(23)20-16-17-22(24)26-20/h4-7,10-13,18-21H,2-3,8-9,14-17H2,1H3/b6-4-,7-5-,12-10-,13-11-. The number of alkyl halides is 1. The summed E-state index contributed by atoms with van der Waals surface area (Å²) in [6.07, 6.45) is 26.3. The van der Waals surface area contributed by atoms with Crippen LogP contribution in [0.25, 0.3) is 0 Å². The molecule has 0 spiro atoms. The zero-order valence-electron chi connectivity index (χ0n) is 15.7. The summed E-state index contributed by atoms with van der Waals surface area (Å²) in [4.78, 5) is 11.1. The topological polar surface area (TPSA) is 38.8 Å². The van der Waals surface area contributed by atoms with Crippen LogP contribution in [-0.2, 0) is 14.3 Å². The van der Waals surface area contributed by atoms with E-state index in [4.69, 9.17) is 9.47 Å². The molecule has 0 saturated carbocycles. The highest BCUT2D eigenvalue weighted by Crippen LogP contribution is 2.28. The molecule has 3 nitrogen and oxygen atoms in total. The molecule has 26 heavy (non-hydrogen) atoms. The number of esters is 1. The fraction of sp³-hybridized carbons (Fsp3) is 0.591. The maximum Gasteiger partial charge on any atom is 0.306 e. The van der Waals surface area contributed by atoms with Crippen LogP contribution in [-0.4, -0.2) is 28.2 Å². The van der Waals surface area contributed by atoms with Gasteiger partial charge >= 0.3 is 5.97 Å². The van der Waals surface area contributed by atoms with Crippen LogP contribution in [0.3, 0.4) is 0 Å². The van der Waals surface area contributed by atoms with Crippen molar-refractivity contribution in [1.29, 1.82) is 0 Å². The van der Waals surface area contributed by atoms with Gasteiger partial charge < -0.3 is 9.47 Å². The molecule has 2 fully saturated rings. The Morgan fingerprint density at radius 2 is 1.62 bits per heavy atom. The third kappa shape index (κ3) is 8.67. The first kappa shape index (κ1) is 21.4. The predicted molar refractivity (Wildman–Crippen MR) is 116 cm³/mol. The van der Waals surface area contributed by atoms with E-state index in [0.29, 0.717) is 22.6 Å². The molecule has 4 heteroatoms. The van der Waals surface area contributed by atoms with Gasteiger partial charge in [-0.15, -0.1) is 0 Å². The Labute approximate surface area is 171 Å². The van der Waals surface area contributed by atoms with E-state index in [0.717, 1.165) is 44.9 Å². The molecule has 2 aliphatic rings. The molecule has 0 aromatic rings. The summed E-state index contributed by atoms with van der Waals surface area (Å²) < 4.78 is 11.2. The molecule has 4 atom stereocenters. The van der Waals surface area contributed by atoms with Crippen LogP contribution in [0, 0.1) is 0 Å². The lowest BCUT2D eigenvalue weighted by Crippen LogP contribution is -2.19. The molecule has 2 rings (SSSR count). The fourth-order valence-corrected chi connectivity index (χ4v) is 3.77. The first-order valence-corrected chi connectivity index (χ1v) is 11.0. The zero-order chi connectivity index (χ0) is 18.6. The Balaban J connectivity index is 1.43. The van der Waals surface area contributed by atoms with E-state index in [1.807, 2.05) is 0 Å². The Bertz CT molecular complexity index is 536. The molecule has 2 heterocycles. The Kier molecular flexibility index (Phi) is 10.3. The summed E-state index contributed by atoms with van der Waals surface area (Å²) in [6.45, 7) is 2.18. The van der Waals surface area contributed by atoms with Gasteiger partial charge in [0.25, 0.3) is 0 Å². The molecule has 4 unspecified atom stereocenters. The summed E-state index contributed by atoms with van der Waals surface area (Å²) in [7, 11) is 0. The molecule has 0 amide bonds. The SMILES string of the molecule is CCC1OC1C/C=C\C/C=C\C/C=C\C/C=C\CC(I)C1CCC(=O)O1. The van der Waals surface area contributed by atoms with E-state index >= 15 is 0 Å². The van der Waals surface area contributed by atoms with Crippen LogP contribution in [0.4, 0.5) is 0 Å². The van der Waals surface area contributed by atoms with Crippen LogP contribution < -0.4 is 0 Å². The van der Waals surface area contributed by atoms with Crippen molar-refractivity contribution in [2.24, 2.45) is 0 Å². The van der Waals surface area contributed by atoms with Crippen LogP contribution in [0.1, 0.15) is 58.3 Å². The van der Waals surface area contributed by atoms with Crippen molar-refractivity contribution in [3.05, 3.63) is 48.6 Å². The summed E-state index contributed by atoms with van der Waals surface area (Å²) >= 11 is 2.39. The highest BCUT2D eigenvalue weighted by molar-refractivity contribution is 14.1. The lowest BCUT2D eigenvalue weighted by molar-refractivity contribution is -0.141. The second kappa shape index (κ2) is 12.5. The van der Waals surface area contributed by atoms with Crippen molar-refractivity contribution >= 4 is 28.6 Å². The van der Waals surface area contributed by atoms with Gasteiger partial charge in [0.05, 0.1) is 16.1 Å². The van der Waals surface area contributed by atoms with Crippen LogP contribution in [0.2, 0.25) is 0 Å². The molecule has 0 radical (unpaired) electrons. The maximum absolute atomic E-state index is 11.1. The van der Waals surface area contributed by atoms with Gasteiger partial charge in [-0.1, -0.05) is 78.1 Å². The molecule has 2 saturated heterocycles. The Morgan fingerprint density at radius 3 is 2.15 bits per heavy atom. The number of cyclic esters (lactones) is 1. The quantitative estimate of drug-likeness (QED) is 0.118. The molecular weight excluding hydrogens is 439 g/mol. The monoisotopic (exact) mass is 470 g/mol. The van der Waals surface area contributed by atoms with E-state index in [2.05, 4.69) is 78.1 Å². The van der Waals surface area contributed by atoms with Crippen molar-refractivity contribution in [3.8, 4) is 0 Å². The van der Waals surface area contributed by atoms with Crippen LogP contribution >= 0.6 is 22.6 Å². The molecule has 0 bridgehead atoms.